The zero-order valence-electron chi connectivity index (χ0n) is 35.4. The molecule has 0 aromatic heterocycles. The van der Waals surface area contributed by atoms with Gasteiger partial charge in [-0.25, -0.2) is 4.57 Å². The normalized spacial score (nSPS) is 14.3. The Kier molecular flexibility index (Phi) is 38.0. The highest BCUT2D eigenvalue weighted by molar-refractivity contribution is 7.47. The van der Waals surface area contributed by atoms with Crippen molar-refractivity contribution in [3.63, 3.8) is 0 Å². The molecule has 0 aliphatic rings. The summed E-state index contributed by atoms with van der Waals surface area (Å²) in [6.07, 6.45) is 45.9. The second-order valence-electron chi connectivity index (χ2n) is 14.5. The number of ether oxygens (including phenoxy) is 2. The zero-order chi connectivity index (χ0) is 42.1. The number of unbranched alkanes of at least 4 members (excludes halogenated alkanes) is 16. The number of carbonyl (C=O) groups excluding carboxylic acids is 2. The first-order chi connectivity index (χ1) is 27.6. The molecule has 0 bridgehead atoms. The topological polar surface area (TPSA) is 172 Å². The molecular formula is C45H78NO10P. The molecule has 0 aromatic carbocycles. The van der Waals surface area contributed by atoms with Crippen LogP contribution in [0.25, 0.3) is 0 Å². The summed E-state index contributed by atoms with van der Waals surface area (Å²) in [4.78, 5) is 45.9. The van der Waals surface area contributed by atoms with Crippen LogP contribution in [0.4, 0.5) is 0 Å². The van der Waals surface area contributed by atoms with E-state index in [-0.39, 0.29) is 19.4 Å². The van der Waals surface area contributed by atoms with Crippen molar-refractivity contribution in [2.75, 3.05) is 19.8 Å². The average molecular weight is 824 g/mol. The predicted octanol–water partition coefficient (Wildman–Crippen LogP) is 11.6. The Labute approximate surface area is 345 Å². The Morgan fingerprint density at radius 2 is 0.947 bits per heavy atom. The summed E-state index contributed by atoms with van der Waals surface area (Å²) in [5.41, 5.74) is 5.32. The van der Waals surface area contributed by atoms with Crippen molar-refractivity contribution in [1.29, 1.82) is 0 Å². The van der Waals surface area contributed by atoms with Crippen LogP contribution in [0.3, 0.4) is 0 Å². The number of allylic oxidation sites excluding steroid dienone is 10. The maximum atomic E-state index is 12.6. The van der Waals surface area contributed by atoms with E-state index in [1.807, 2.05) is 12.2 Å². The van der Waals surface area contributed by atoms with Gasteiger partial charge in [-0.2, -0.15) is 0 Å². The van der Waals surface area contributed by atoms with Gasteiger partial charge in [0, 0.05) is 12.8 Å². The van der Waals surface area contributed by atoms with Gasteiger partial charge in [0.15, 0.2) is 6.10 Å². The van der Waals surface area contributed by atoms with Gasteiger partial charge in [-0.05, 0) is 77.0 Å². The van der Waals surface area contributed by atoms with Gasteiger partial charge < -0.3 is 25.2 Å². The first-order valence-corrected chi connectivity index (χ1v) is 23.3. The van der Waals surface area contributed by atoms with Gasteiger partial charge in [0.1, 0.15) is 12.6 Å². The second-order valence-corrected chi connectivity index (χ2v) is 15.9. The molecule has 0 saturated carbocycles. The number of carboxylic acid groups (broad SMARTS) is 1. The number of nitrogens with two attached hydrogens (primary N) is 1. The van der Waals surface area contributed by atoms with Gasteiger partial charge in [0.2, 0.25) is 0 Å². The van der Waals surface area contributed by atoms with Gasteiger partial charge >= 0.3 is 25.7 Å². The Hall–Kier alpha value is -2.82. The molecule has 0 fully saturated rings. The van der Waals surface area contributed by atoms with Crippen molar-refractivity contribution in [1.82, 2.24) is 0 Å². The summed E-state index contributed by atoms with van der Waals surface area (Å²) in [6.45, 7) is 2.70. The molecule has 0 radical (unpaired) electrons. The molecule has 12 heteroatoms. The molecule has 0 aliphatic heterocycles. The number of esters is 2. The van der Waals surface area contributed by atoms with E-state index in [0.29, 0.717) is 19.3 Å². The van der Waals surface area contributed by atoms with E-state index in [1.54, 1.807) is 0 Å². The van der Waals surface area contributed by atoms with Crippen molar-refractivity contribution in [2.45, 2.75) is 187 Å². The highest BCUT2D eigenvalue weighted by atomic mass is 31.2. The van der Waals surface area contributed by atoms with Crippen LogP contribution in [0.2, 0.25) is 0 Å². The van der Waals surface area contributed by atoms with Crippen LogP contribution in [0.5, 0.6) is 0 Å². The third-order valence-electron chi connectivity index (χ3n) is 8.99. The lowest BCUT2D eigenvalue weighted by molar-refractivity contribution is -0.161. The van der Waals surface area contributed by atoms with E-state index in [0.717, 1.165) is 57.8 Å². The highest BCUT2D eigenvalue weighted by Crippen LogP contribution is 2.43. The molecule has 0 amide bonds. The smallest absolute Gasteiger partial charge is 0.472 e. The molecule has 1 unspecified atom stereocenters. The second kappa shape index (κ2) is 40.0. The number of aliphatic carboxylic acids is 1. The SMILES string of the molecule is CCCCC/C=C/CCCCCCCC(=O)OC[C@@H](COP(=O)(O)OC[C@H](N)C(=O)O)OC(=O)CCC/C=C/C/C=C/C/C=C/C/C=C/CCCCCCCCC. The van der Waals surface area contributed by atoms with Crippen LogP contribution in [-0.2, 0) is 37.5 Å². The van der Waals surface area contributed by atoms with Crippen LogP contribution in [0.15, 0.2) is 60.8 Å². The fourth-order valence-corrected chi connectivity index (χ4v) is 6.30. The maximum Gasteiger partial charge on any atom is 0.472 e. The number of carboxylic acids is 1. The van der Waals surface area contributed by atoms with Crippen LogP contribution in [0, 0.1) is 0 Å². The third kappa shape index (κ3) is 39.8. The van der Waals surface area contributed by atoms with Crippen LogP contribution >= 0.6 is 7.82 Å². The monoisotopic (exact) mass is 824 g/mol. The molecule has 3 atom stereocenters. The van der Waals surface area contributed by atoms with Crippen LogP contribution < -0.4 is 5.73 Å². The van der Waals surface area contributed by atoms with Gasteiger partial charge in [-0.1, -0.05) is 145 Å². The van der Waals surface area contributed by atoms with Crippen molar-refractivity contribution >= 4 is 25.7 Å². The first-order valence-electron chi connectivity index (χ1n) is 21.8. The first kappa shape index (κ1) is 54.2. The Balaban J connectivity index is 4.47. The quantitative estimate of drug-likeness (QED) is 0.0232. The summed E-state index contributed by atoms with van der Waals surface area (Å²) in [5.74, 6) is -2.47. The van der Waals surface area contributed by atoms with Crippen molar-refractivity contribution in [2.24, 2.45) is 5.73 Å². The molecule has 4 N–H and O–H groups in total. The summed E-state index contributed by atoms with van der Waals surface area (Å²) in [5, 5.41) is 8.88. The minimum absolute atomic E-state index is 0.0817. The van der Waals surface area contributed by atoms with E-state index < -0.39 is 51.1 Å². The van der Waals surface area contributed by atoms with Gasteiger partial charge in [0.05, 0.1) is 13.2 Å². The lowest BCUT2D eigenvalue weighted by Gasteiger charge is -2.20. The molecule has 328 valence electrons. The molecule has 0 saturated heterocycles. The minimum atomic E-state index is -4.73. The number of rotatable bonds is 40. The number of hydrogen-bond donors (Lipinski definition) is 3. The maximum absolute atomic E-state index is 12.6. The summed E-state index contributed by atoms with van der Waals surface area (Å²) >= 11 is 0. The summed E-state index contributed by atoms with van der Waals surface area (Å²) < 4.78 is 32.6. The molecule has 0 aromatic rings. The zero-order valence-corrected chi connectivity index (χ0v) is 36.3. The lowest BCUT2D eigenvalue weighted by Crippen LogP contribution is -2.34. The van der Waals surface area contributed by atoms with E-state index >= 15 is 0 Å². The Bertz CT molecular complexity index is 1200. The Morgan fingerprint density at radius 1 is 0.544 bits per heavy atom. The number of carbonyl (C=O) groups is 3. The summed E-state index contributed by atoms with van der Waals surface area (Å²) in [7, 11) is -4.73. The van der Waals surface area contributed by atoms with Gasteiger partial charge in [-0.15, -0.1) is 0 Å². The molecule has 0 spiro atoms. The molecule has 57 heavy (non-hydrogen) atoms. The van der Waals surface area contributed by atoms with Crippen molar-refractivity contribution < 1.29 is 47.5 Å². The molecular weight excluding hydrogens is 745 g/mol. The van der Waals surface area contributed by atoms with Crippen LogP contribution in [0.1, 0.15) is 174 Å². The number of phosphoric acid groups is 1. The summed E-state index contributed by atoms with van der Waals surface area (Å²) in [6, 6.07) is -1.53. The fourth-order valence-electron chi connectivity index (χ4n) is 5.52. The largest absolute Gasteiger partial charge is 0.480 e. The van der Waals surface area contributed by atoms with Gasteiger partial charge in [0.25, 0.3) is 0 Å². The van der Waals surface area contributed by atoms with E-state index in [4.69, 9.17) is 24.8 Å². The highest BCUT2D eigenvalue weighted by Gasteiger charge is 2.28. The fraction of sp³-hybridized carbons (Fsp3) is 0.711. The van der Waals surface area contributed by atoms with Crippen molar-refractivity contribution in [3.05, 3.63) is 60.8 Å². The van der Waals surface area contributed by atoms with E-state index in [9.17, 15) is 23.8 Å². The molecule has 11 nitrogen and oxygen atoms in total. The predicted molar refractivity (Wildman–Crippen MR) is 231 cm³/mol. The van der Waals surface area contributed by atoms with Crippen LogP contribution in [-0.4, -0.2) is 59.9 Å². The number of phosphoric ester groups is 1. The van der Waals surface area contributed by atoms with E-state index in [2.05, 4.69) is 67.0 Å². The van der Waals surface area contributed by atoms with E-state index in [1.165, 1.54) is 70.6 Å². The lowest BCUT2D eigenvalue weighted by atomic mass is 10.1. The molecule has 0 heterocycles. The third-order valence-corrected chi connectivity index (χ3v) is 9.94. The van der Waals surface area contributed by atoms with Gasteiger partial charge in [-0.3, -0.25) is 23.4 Å². The average Bonchev–Trinajstić information content (AvgIpc) is 3.19. The molecule has 0 aliphatic carbocycles. The Morgan fingerprint density at radius 3 is 1.49 bits per heavy atom. The number of hydrogen-bond acceptors (Lipinski definition) is 9. The standard InChI is InChI=1S/C45H78NO10P/c1-3-5-7-9-11-13-15-17-18-19-20-21-22-23-24-25-27-29-31-33-35-37-44(48)56-41(39-54-57(51,52)55-40-42(46)45(49)50)38-53-43(47)36-34-32-30-28-26-16-14-12-10-8-6-4-2/h12,14,18-19,21-22,24-25,29,31,41-42H,3-11,13,15-17,20,23,26-28,30,32-40,46H2,1-2H3,(H,49,50)(H,51,52)/b14-12+,19-18+,22-21+,25-24+,31-29+/t41-,42-/m0/s1. The molecule has 0 rings (SSSR count). The van der Waals surface area contributed by atoms with Crippen molar-refractivity contribution in [3.8, 4) is 0 Å². The minimum Gasteiger partial charge on any atom is -0.480 e.